The predicted molar refractivity (Wildman–Crippen MR) is 106 cm³/mol. The molecule has 146 valence electrons. The molecule has 0 aromatic heterocycles. The second-order valence-electron chi connectivity index (χ2n) is 5.57. The molecule has 0 bridgehead atoms. The minimum atomic E-state index is -4.66. The van der Waals surface area contributed by atoms with Crippen LogP contribution in [0, 0.1) is 5.82 Å². The zero-order chi connectivity index (χ0) is 20.5. The van der Waals surface area contributed by atoms with E-state index in [-0.39, 0.29) is 14.3 Å². The quantitative estimate of drug-likeness (QED) is 0.553. The molecule has 3 aromatic rings. The van der Waals surface area contributed by atoms with Crippen molar-refractivity contribution >= 4 is 48.9 Å². The van der Waals surface area contributed by atoms with Crippen LogP contribution in [0.2, 0.25) is 10.0 Å². The standard InChI is InChI=1S/C18H12Cl2FNO4S2/c19-13-6-8-14(9-7-13)22(27(23,24)15-4-2-1-3-5-15)28(25,26)16-10-11-18(21)17(20)12-16/h1-12H. The van der Waals surface area contributed by atoms with Crippen molar-refractivity contribution < 1.29 is 21.2 Å². The number of hydrogen-bond acceptors (Lipinski definition) is 4. The Morgan fingerprint density at radius 2 is 1.29 bits per heavy atom. The minimum Gasteiger partial charge on any atom is -0.205 e. The van der Waals surface area contributed by atoms with Gasteiger partial charge in [0.1, 0.15) is 5.82 Å². The third-order valence-corrected chi connectivity index (χ3v) is 8.44. The third-order valence-electron chi connectivity index (χ3n) is 3.70. The lowest BCUT2D eigenvalue weighted by Gasteiger charge is -2.24. The van der Waals surface area contributed by atoms with Gasteiger partial charge in [0.15, 0.2) is 0 Å². The van der Waals surface area contributed by atoms with E-state index >= 15 is 0 Å². The molecule has 0 saturated heterocycles. The van der Waals surface area contributed by atoms with Crippen molar-refractivity contribution in [3.05, 3.63) is 88.7 Å². The van der Waals surface area contributed by atoms with Crippen molar-refractivity contribution in [3.63, 3.8) is 0 Å². The van der Waals surface area contributed by atoms with Crippen LogP contribution in [0.15, 0.2) is 82.6 Å². The lowest BCUT2D eigenvalue weighted by molar-refractivity contribution is 0.584. The summed E-state index contributed by atoms with van der Waals surface area (Å²) in [7, 11) is -9.19. The van der Waals surface area contributed by atoms with Gasteiger partial charge in [-0.05, 0) is 54.6 Å². The smallest absolute Gasteiger partial charge is 0.205 e. The van der Waals surface area contributed by atoms with Crippen molar-refractivity contribution in [2.75, 3.05) is 3.71 Å². The van der Waals surface area contributed by atoms with Crippen LogP contribution in [0.1, 0.15) is 0 Å². The van der Waals surface area contributed by atoms with Gasteiger partial charge < -0.3 is 0 Å². The van der Waals surface area contributed by atoms with E-state index in [1.807, 2.05) is 0 Å². The Kier molecular flexibility index (Phi) is 5.67. The molecule has 0 N–H and O–H groups in total. The van der Waals surface area contributed by atoms with Gasteiger partial charge in [-0.1, -0.05) is 41.4 Å². The van der Waals surface area contributed by atoms with E-state index in [4.69, 9.17) is 23.2 Å². The zero-order valence-corrected chi connectivity index (χ0v) is 17.1. The SMILES string of the molecule is O=S(=O)(c1ccccc1)N(c1ccc(Cl)cc1)S(=O)(=O)c1ccc(F)c(Cl)c1. The molecule has 28 heavy (non-hydrogen) atoms. The molecular weight excluding hydrogens is 448 g/mol. The molecule has 0 amide bonds. The average molecular weight is 460 g/mol. The predicted octanol–water partition coefficient (Wildman–Crippen LogP) is 4.72. The highest BCUT2D eigenvalue weighted by atomic mass is 35.5. The number of rotatable bonds is 5. The largest absolute Gasteiger partial charge is 0.277 e. The van der Waals surface area contributed by atoms with E-state index in [2.05, 4.69) is 0 Å². The molecule has 0 unspecified atom stereocenters. The highest BCUT2D eigenvalue weighted by Crippen LogP contribution is 2.32. The molecule has 0 atom stereocenters. The van der Waals surface area contributed by atoms with Gasteiger partial charge in [-0.25, -0.2) is 21.2 Å². The van der Waals surface area contributed by atoms with Gasteiger partial charge in [-0.15, -0.1) is 0 Å². The molecule has 0 radical (unpaired) electrons. The number of sulfonamides is 2. The molecule has 0 aliphatic carbocycles. The first-order valence-corrected chi connectivity index (χ1v) is 11.3. The van der Waals surface area contributed by atoms with Crippen molar-refractivity contribution in [3.8, 4) is 0 Å². The summed E-state index contributed by atoms with van der Waals surface area (Å²) in [6.07, 6.45) is 0. The molecule has 10 heteroatoms. The molecule has 3 aromatic carbocycles. The molecule has 0 fully saturated rings. The molecule has 0 spiro atoms. The van der Waals surface area contributed by atoms with Crippen molar-refractivity contribution in [2.45, 2.75) is 9.79 Å². The molecule has 3 rings (SSSR count). The summed E-state index contributed by atoms with van der Waals surface area (Å²) < 4.78 is 66.6. The van der Waals surface area contributed by atoms with E-state index in [0.717, 1.165) is 18.2 Å². The molecular formula is C18H12Cl2FNO4S2. The summed E-state index contributed by atoms with van der Waals surface area (Å²) in [4.78, 5) is -0.713. The van der Waals surface area contributed by atoms with Crippen LogP contribution in [0.25, 0.3) is 0 Å². The second kappa shape index (κ2) is 7.71. The Morgan fingerprint density at radius 3 is 1.86 bits per heavy atom. The van der Waals surface area contributed by atoms with E-state index < -0.39 is 35.8 Å². The van der Waals surface area contributed by atoms with Crippen LogP contribution in [-0.2, 0) is 20.0 Å². The first-order valence-electron chi connectivity index (χ1n) is 7.70. The lowest BCUT2D eigenvalue weighted by Crippen LogP contribution is -2.37. The summed E-state index contributed by atoms with van der Waals surface area (Å²) in [5.41, 5.74) is -0.159. The van der Waals surface area contributed by atoms with E-state index in [9.17, 15) is 21.2 Å². The van der Waals surface area contributed by atoms with E-state index in [1.54, 1.807) is 6.07 Å². The first kappa shape index (κ1) is 20.6. The average Bonchev–Trinajstić information content (AvgIpc) is 2.66. The highest BCUT2D eigenvalue weighted by molar-refractivity contribution is 8.10. The lowest BCUT2D eigenvalue weighted by atomic mass is 10.3. The van der Waals surface area contributed by atoms with Gasteiger partial charge in [0.2, 0.25) is 0 Å². The van der Waals surface area contributed by atoms with Gasteiger partial charge in [-0.2, -0.15) is 3.71 Å². The van der Waals surface area contributed by atoms with Gasteiger partial charge in [0.05, 0.1) is 20.5 Å². The number of nitrogens with zero attached hydrogens (tertiary/aromatic N) is 1. The van der Waals surface area contributed by atoms with E-state index in [0.29, 0.717) is 5.02 Å². The molecule has 0 aliphatic heterocycles. The van der Waals surface area contributed by atoms with Crippen molar-refractivity contribution in [1.82, 2.24) is 0 Å². The number of hydrogen-bond donors (Lipinski definition) is 0. The molecule has 5 nitrogen and oxygen atoms in total. The normalized spacial score (nSPS) is 12.0. The zero-order valence-electron chi connectivity index (χ0n) is 14.0. The van der Waals surface area contributed by atoms with Crippen LogP contribution in [0.3, 0.4) is 0 Å². The van der Waals surface area contributed by atoms with Gasteiger partial charge in [0.25, 0.3) is 20.0 Å². The highest BCUT2D eigenvalue weighted by Gasteiger charge is 2.37. The number of benzene rings is 3. The molecule has 0 aliphatic rings. The Bertz CT molecular complexity index is 1220. The summed E-state index contributed by atoms with van der Waals surface area (Å²) >= 11 is 11.5. The minimum absolute atomic E-state index is 0.159. The van der Waals surface area contributed by atoms with Crippen LogP contribution < -0.4 is 3.71 Å². The fraction of sp³-hybridized carbons (Fsp3) is 0. The van der Waals surface area contributed by atoms with Crippen molar-refractivity contribution in [2.24, 2.45) is 0 Å². The number of halogens is 3. The summed E-state index contributed by atoms with van der Waals surface area (Å²) in [5, 5.41) is -0.155. The number of anilines is 1. The first-order chi connectivity index (χ1) is 13.1. The van der Waals surface area contributed by atoms with Crippen LogP contribution in [0.5, 0.6) is 0 Å². The maximum Gasteiger partial charge on any atom is 0.277 e. The third kappa shape index (κ3) is 3.86. The van der Waals surface area contributed by atoms with Crippen molar-refractivity contribution in [1.29, 1.82) is 0 Å². The monoisotopic (exact) mass is 459 g/mol. The summed E-state index contributed by atoms with van der Waals surface area (Å²) in [5.74, 6) is -0.829. The maximum absolute atomic E-state index is 13.5. The Morgan fingerprint density at radius 1 is 0.714 bits per heavy atom. The molecule has 0 heterocycles. The Labute approximate surface area is 172 Å². The van der Waals surface area contributed by atoms with Crippen LogP contribution >= 0.6 is 23.2 Å². The topological polar surface area (TPSA) is 71.5 Å². The van der Waals surface area contributed by atoms with Crippen LogP contribution in [-0.4, -0.2) is 16.8 Å². The van der Waals surface area contributed by atoms with E-state index in [1.165, 1.54) is 48.5 Å². The summed E-state index contributed by atoms with van der Waals surface area (Å²) in [6, 6.07) is 14.9. The van der Waals surface area contributed by atoms with Gasteiger partial charge in [-0.3, -0.25) is 0 Å². The summed E-state index contributed by atoms with van der Waals surface area (Å²) in [6.45, 7) is 0. The Hall–Kier alpha value is -2.13. The van der Waals surface area contributed by atoms with Gasteiger partial charge >= 0.3 is 0 Å². The second-order valence-corrected chi connectivity index (χ2v) is 10.2. The van der Waals surface area contributed by atoms with Gasteiger partial charge in [0, 0.05) is 5.02 Å². The Balaban J connectivity index is 2.27. The molecule has 0 saturated carbocycles. The fourth-order valence-corrected chi connectivity index (χ4v) is 6.50. The fourth-order valence-electron chi connectivity index (χ4n) is 2.39. The van der Waals surface area contributed by atoms with Crippen LogP contribution in [0.4, 0.5) is 10.1 Å². The maximum atomic E-state index is 13.5.